The van der Waals surface area contributed by atoms with Crippen LogP contribution in [0.4, 0.5) is 5.69 Å². The van der Waals surface area contributed by atoms with Gasteiger partial charge in [-0.1, -0.05) is 23.7 Å². The normalized spacial score (nSPS) is 19.2. The Bertz CT molecular complexity index is 1200. The van der Waals surface area contributed by atoms with Crippen LogP contribution in [0.3, 0.4) is 0 Å². The van der Waals surface area contributed by atoms with Crippen LogP contribution in [0.25, 0.3) is 0 Å². The first-order valence-electron chi connectivity index (χ1n) is 9.74. The molecule has 7 nitrogen and oxygen atoms in total. The molecule has 0 saturated carbocycles. The molecule has 0 N–H and O–H groups in total. The molecule has 2 heterocycles. The third kappa shape index (κ3) is 3.47. The maximum atomic E-state index is 11.3. The highest BCUT2D eigenvalue weighted by molar-refractivity contribution is 6.30. The lowest BCUT2D eigenvalue weighted by atomic mass is 9.96. The summed E-state index contributed by atoms with van der Waals surface area (Å²) in [5.74, 6) is 1.48. The van der Waals surface area contributed by atoms with Crippen molar-refractivity contribution in [2.75, 3.05) is 7.11 Å². The maximum Gasteiger partial charge on any atom is 0.269 e. The van der Waals surface area contributed by atoms with Crippen molar-refractivity contribution in [3.63, 3.8) is 0 Å². The molecule has 2 atom stereocenters. The fraction of sp³-hybridized carbons (Fsp3) is 0.174. The van der Waals surface area contributed by atoms with Gasteiger partial charge in [-0.25, -0.2) is 5.01 Å². The summed E-state index contributed by atoms with van der Waals surface area (Å²) in [7, 11) is 1.63. The lowest BCUT2D eigenvalue weighted by Crippen LogP contribution is -2.33. The molecule has 0 aliphatic carbocycles. The van der Waals surface area contributed by atoms with E-state index in [1.165, 1.54) is 12.1 Å². The van der Waals surface area contributed by atoms with Crippen molar-refractivity contribution in [1.82, 2.24) is 5.01 Å². The minimum Gasteiger partial charge on any atom is -0.497 e. The summed E-state index contributed by atoms with van der Waals surface area (Å²) in [6, 6.07) is 19.6. The van der Waals surface area contributed by atoms with E-state index in [-0.39, 0.29) is 11.7 Å². The molecule has 2 aliphatic rings. The lowest BCUT2D eigenvalue weighted by molar-refractivity contribution is -0.385. The quantitative estimate of drug-likeness (QED) is 0.399. The Morgan fingerprint density at radius 3 is 2.71 bits per heavy atom. The molecule has 3 aromatic rings. The summed E-state index contributed by atoms with van der Waals surface area (Å²) in [6.07, 6.45) is 0.0726. The van der Waals surface area contributed by atoms with E-state index in [2.05, 4.69) is 0 Å². The lowest BCUT2D eigenvalue weighted by Gasteiger charge is -2.38. The van der Waals surface area contributed by atoms with Crippen molar-refractivity contribution < 1.29 is 14.4 Å². The van der Waals surface area contributed by atoms with Crippen LogP contribution in [-0.2, 0) is 0 Å². The van der Waals surface area contributed by atoms with Gasteiger partial charge in [-0.2, -0.15) is 5.10 Å². The van der Waals surface area contributed by atoms with Crippen LogP contribution in [-0.4, -0.2) is 22.8 Å². The number of halogens is 1. The van der Waals surface area contributed by atoms with E-state index in [0.29, 0.717) is 22.8 Å². The summed E-state index contributed by atoms with van der Waals surface area (Å²) in [6.45, 7) is 0. The van der Waals surface area contributed by atoms with Crippen molar-refractivity contribution in [3.05, 3.63) is 98.6 Å². The molecule has 0 spiro atoms. The zero-order chi connectivity index (χ0) is 21.5. The highest BCUT2D eigenvalue weighted by Gasteiger charge is 2.41. The number of benzene rings is 3. The summed E-state index contributed by atoms with van der Waals surface area (Å²) < 4.78 is 11.5. The molecule has 31 heavy (non-hydrogen) atoms. The number of nitrogens with zero attached hydrogens (tertiary/aromatic N) is 3. The first-order chi connectivity index (χ1) is 15.0. The van der Waals surface area contributed by atoms with Gasteiger partial charge in [-0.3, -0.25) is 10.1 Å². The largest absolute Gasteiger partial charge is 0.497 e. The van der Waals surface area contributed by atoms with Gasteiger partial charge in [0.25, 0.3) is 5.69 Å². The summed E-state index contributed by atoms with van der Waals surface area (Å²) in [5.41, 5.74) is 3.51. The zero-order valence-electron chi connectivity index (χ0n) is 16.6. The number of rotatable bonds is 4. The van der Waals surface area contributed by atoms with E-state index < -0.39 is 11.2 Å². The number of fused-ring (bicyclic) bond motifs is 3. The van der Waals surface area contributed by atoms with Gasteiger partial charge in [-0.15, -0.1) is 0 Å². The van der Waals surface area contributed by atoms with Crippen molar-refractivity contribution in [2.24, 2.45) is 5.10 Å². The molecule has 2 aliphatic heterocycles. The first kappa shape index (κ1) is 19.4. The van der Waals surface area contributed by atoms with Gasteiger partial charge >= 0.3 is 0 Å². The van der Waals surface area contributed by atoms with Gasteiger partial charge in [0.15, 0.2) is 0 Å². The predicted octanol–water partition coefficient (Wildman–Crippen LogP) is 5.50. The fourth-order valence-corrected chi connectivity index (χ4v) is 4.21. The van der Waals surface area contributed by atoms with Gasteiger partial charge in [-0.05, 0) is 48.0 Å². The summed E-state index contributed by atoms with van der Waals surface area (Å²) >= 11 is 6.26. The number of methoxy groups -OCH3 is 1. The van der Waals surface area contributed by atoms with Gasteiger partial charge in [0.2, 0.25) is 6.23 Å². The van der Waals surface area contributed by atoms with Crippen molar-refractivity contribution in [3.8, 4) is 11.5 Å². The molecule has 0 radical (unpaired) electrons. The van der Waals surface area contributed by atoms with Crippen LogP contribution in [0.5, 0.6) is 11.5 Å². The second-order valence-electron chi connectivity index (χ2n) is 7.38. The third-order valence-electron chi connectivity index (χ3n) is 5.54. The fourth-order valence-electron chi connectivity index (χ4n) is 4.03. The van der Waals surface area contributed by atoms with Crippen LogP contribution in [0.1, 0.15) is 35.4 Å². The highest BCUT2D eigenvalue weighted by atomic mass is 35.5. The Morgan fingerprint density at radius 2 is 1.97 bits per heavy atom. The monoisotopic (exact) mass is 435 g/mol. The minimum absolute atomic E-state index is 0.0121. The number of nitro groups is 1. The summed E-state index contributed by atoms with van der Waals surface area (Å²) in [4.78, 5) is 10.9. The van der Waals surface area contributed by atoms with Crippen molar-refractivity contribution in [1.29, 1.82) is 0 Å². The van der Waals surface area contributed by atoms with Crippen LogP contribution >= 0.6 is 11.6 Å². The van der Waals surface area contributed by atoms with Gasteiger partial charge < -0.3 is 9.47 Å². The number of hydrogen-bond acceptors (Lipinski definition) is 6. The third-order valence-corrected chi connectivity index (χ3v) is 5.78. The van der Waals surface area contributed by atoms with E-state index in [1.54, 1.807) is 19.2 Å². The molecule has 156 valence electrons. The predicted molar refractivity (Wildman–Crippen MR) is 117 cm³/mol. The van der Waals surface area contributed by atoms with Crippen LogP contribution in [0.15, 0.2) is 71.8 Å². The molecule has 0 aromatic heterocycles. The molecule has 0 saturated heterocycles. The van der Waals surface area contributed by atoms with Gasteiger partial charge in [0.1, 0.15) is 11.5 Å². The van der Waals surface area contributed by atoms with Crippen LogP contribution in [0, 0.1) is 10.1 Å². The highest BCUT2D eigenvalue weighted by Crippen LogP contribution is 2.48. The molecule has 0 amide bonds. The van der Waals surface area contributed by atoms with E-state index in [9.17, 15) is 10.1 Å². The van der Waals surface area contributed by atoms with E-state index in [4.69, 9.17) is 26.2 Å². The number of nitro benzene ring substituents is 1. The molecule has 0 fully saturated rings. The second-order valence-corrected chi connectivity index (χ2v) is 7.82. The molecule has 5 rings (SSSR count). The number of hydrogen-bond donors (Lipinski definition) is 0. The van der Waals surface area contributed by atoms with E-state index >= 15 is 0 Å². The Morgan fingerprint density at radius 1 is 1.16 bits per heavy atom. The number of non-ortho nitro benzene ring substituents is 1. The number of ether oxygens (including phenoxy) is 2. The molecule has 8 heteroatoms. The maximum absolute atomic E-state index is 11.3. The summed E-state index contributed by atoms with van der Waals surface area (Å²) in [5, 5.41) is 18.6. The van der Waals surface area contributed by atoms with Crippen molar-refractivity contribution >= 4 is 23.0 Å². The van der Waals surface area contributed by atoms with Crippen molar-refractivity contribution in [2.45, 2.75) is 18.7 Å². The second kappa shape index (κ2) is 7.59. The van der Waals surface area contributed by atoms with E-state index in [0.717, 1.165) is 22.6 Å². The molecule has 0 bridgehead atoms. The Balaban J connectivity index is 1.58. The standard InChI is InChI=1S/C23H18ClN3O4/c1-30-18-8-5-14(6-9-18)20-13-21-19-12-16(24)7-10-22(19)31-23(26(21)25-20)15-3-2-4-17(11-15)27(28)29/h2-12,21,23H,13H2,1H3/t21-,23+/m1/s1. The smallest absolute Gasteiger partial charge is 0.269 e. The first-order valence-corrected chi connectivity index (χ1v) is 10.1. The Hall–Kier alpha value is -3.58. The SMILES string of the molecule is COc1ccc(C2=NN3[C@H](C2)c2cc(Cl)ccc2O[C@H]3c2cccc([N+](=O)[O-])c2)cc1. The molecular formula is C23H18ClN3O4. The molecule has 3 aromatic carbocycles. The average Bonchev–Trinajstić information content (AvgIpc) is 3.24. The Kier molecular flexibility index (Phi) is 4.75. The van der Waals surface area contributed by atoms with E-state index in [1.807, 2.05) is 47.5 Å². The van der Waals surface area contributed by atoms with Crippen LogP contribution in [0.2, 0.25) is 5.02 Å². The molecule has 0 unspecified atom stereocenters. The Labute approximate surface area is 183 Å². The van der Waals surface area contributed by atoms with Gasteiger partial charge in [0.05, 0.1) is 23.8 Å². The minimum atomic E-state index is -0.589. The number of hydrazone groups is 1. The zero-order valence-corrected chi connectivity index (χ0v) is 17.3. The van der Waals surface area contributed by atoms with Gasteiger partial charge in [0, 0.05) is 34.7 Å². The average molecular weight is 436 g/mol. The van der Waals surface area contributed by atoms with Crippen LogP contribution < -0.4 is 9.47 Å². The molecular weight excluding hydrogens is 418 g/mol. The topological polar surface area (TPSA) is 77.2 Å².